The van der Waals surface area contributed by atoms with E-state index in [1.165, 1.54) is 0 Å². The summed E-state index contributed by atoms with van der Waals surface area (Å²) in [5.41, 5.74) is 0. The standard InChI is InChI=1S/C12H15Cl2NO3/c1-2-9(6-16)15-12(17)7-18-11-5-8(13)3-4-10(11)14/h3-5,9,16H,2,6-7H2,1H3,(H,15,17)/t9-/m0/s1. The molecule has 0 saturated heterocycles. The third kappa shape index (κ3) is 4.72. The van der Waals surface area contributed by atoms with Gasteiger partial charge in [-0.3, -0.25) is 4.79 Å². The summed E-state index contributed by atoms with van der Waals surface area (Å²) in [7, 11) is 0. The van der Waals surface area contributed by atoms with Crippen LogP contribution in [0.15, 0.2) is 18.2 Å². The second-order valence-corrected chi connectivity index (χ2v) is 4.56. The van der Waals surface area contributed by atoms with Crippen LogP contribution < -0.4 is 10.1 Å². The first-order chi connectivity index (χ1) is 8.56. The molecule has 1 aromatic carbocycles. The SMILES string of the molecule is CC[C@@H](CO)NC(=O)COc1cc(Cl)ccc1Cl. The molecule has 1 rings (SSSR count). The van der Waals surface area contributed by atoms with Crippen LogP contribution in [0.5, 0.6) is 5.75 Å². The Morgan fingerprint density at radius 1 is 1.50 bits per heavy atom. The highest BCUT2D eigenvalue weighted by molar-refractivity contribution is 6.34. The largest absolute Gasteiger partial charge is 0.482 e. The Morgan fingerprint density at radius 2 is 2.22 bits per heavy atom. The first-order valence-electron chi connectivity index (χ1n) is 5.54. The Balaban J connectivity index is 2.49. The van der Waals surface area contributed by atoms with Crippen LogP contribution in [0.4, 0.5) is 0 Å². The number of ether oxygens (including phenoxy) is 1. The van der Waals surface area contributed by atoms with E-state index in [1.54, 1.807) is 18.2 Å². The maximum atomic E-state index is 11.5. The van der Waals surface area contributed by atoms with Crippen molar-refractivity contribution in [3.63, 3.8) is 0 Å². The first-order valence-corrected chi connectivity index (χ1v) is 6.30. The van der Waals surface area contributed by atoms with E-state index in [0.29, 0.717) is 22.2 Å². The maximum Gasteiger partial charge on any atom is 0.258 e. The van der Waals surface area contributed by atoms with Gasteiger partial charge in [0.2, 0.25) is 0 Å². The highest BCUT2D eigenvalue weighted by atomic mass is 35.5. The summed E-state index contributed by atoms with van der Waals surface area (Å²) in [6, 6.07) is 4.52. The monoisotopic (exact) mass is 291 g/mol. The maximum absolute atomic E-state index is 11.5. The molecule has 2 N–H and O–H groups in total. The number of benzene rings is 1. The number of halogens is 2. The van der Waals surface area contributed by atoms with Crippen molar-refractivity contribution in [2.45, 2.75) is 19.4 Å². The van der Waals surface area contributed by atoms with Gasteiger partial charge >= 0.3 is 0 Å². The molecule has 0 unspecified atom stereocenters. The molecule has 6 heteroatoms. The lowest BCUT2D eigenvalue weighted by atomic mass is 10.2. The summed E-state index contributed by atoms with van der Waals surface area (Å²) >= 11 is 11.7. The number of carbonyl (C=O) groups is 1. The zero-order chi connectivity index (χ0) is 13.5. The van der Waals surface area contributed by atoms with Crippen LogP contribution in [0, 0.1) is 0 Å². The molecule has 0 aromatic heterocycles. The molecule has 100 valence electrons. The van der Waals surface area contributed by atoms with Gasteiger partial charge in [0.25, 0.3) is 5.91 Å². The van der Waals surface area contributed by atoms with Gasteiger partial charge in [0, 0.05) is 11.1 Å². The van der Waals surface area contributed by atoms with Crippen LogP contribution in [-0.2, 0) is 4.79 Å². The molecule has 18 heavy (non-hydrogen) atoms. The molecule has 0 saturated carbocycles. The molecule has 0 aliphatic rings. The number of amides is 1. The number of hydrogen-bond donors (Lipinski definition) is 2. The predicted molar refractivity (Wildman–Crippen MR) is 71.3 cm³/mol. The molecule has 0 radical (unpaired) electrons. The van der Waals surface area contributed by atoms with E-state index in [1.807, 2.05) is 6.92 Å². The van der Waals surface area contributed by atoms with Crippen molar-refractivity contribution in [1.29, 1.82) is 0 Å². The minimum atomic E-state index is -0.313. The van der Waals surface area contributed by atoms with E-state index in [0.717, 1.165) is 0 Å². The van der Waals surface area contributed by atoms with Crippen LogP contribution in [0.3, 0.4) is 0 Å². The van der Waals surface area contributed by atoms with E-state index < -0.39 is 0 Å². The molecule has 0 spiro atoms. The molecule has 0 heterocycles. The van der Waals surface area contributed by atoms with Gasteiger partial charge in [-0.05, 0) is 18.6 Å². The smallest absolute Gasteiger partial charge is 0.258 e. The Hall–Kier alpha value is -0.970. The number of hydrogen-bond acceptors (Lipinski definition) is 3. The van der Waals surface area contributed by atoms with Gasteiger partial charge in [0.1, 0.15) is 5.75 Å². The number of nitrogens with one attached hydrogen (secondary N) is 1. The normalized spacial score (nSPS) is 12.0. The molecule has 0 fully saturated rings. The van der Waals surface area contributed by atoms with E-state index in [4.69, 9.17) is 33.0 Å². The highest BCUT2D eigenvalue weighted by Gasteiger charge is 2.10. The fraction of sp³-hybridized carbons (Fsp3) is 0.417. The Morgan fingerprint density at radius 3 is 2.83 bits per heavy atom. The number of carbonyl (C=O) groups excluding carboxylic acids is 1. The van der Waals surface area contributed by atoms with E-state index in [2.05, 4.69) is 5.32 Å². The average Bonchev–Trinajstić information content (AvgIpc) is 2.37. The fourth-order valence-electron chi connectivity index (χ4n) is 1.28. The van der Waals surface area contributed by atoms with Gasteiger partial charge in [-0.15, -0.1) is 0 Å². The van der Waals surface area contributed by atoms with E-state index in [9.17, 15) is 4.79 Å². The zero-order valence-electron chi connectivity index (χ0n) is 9.95. The van der Waals surface area contributed by atoms with Crippen molar-refractivity contribution >= 4 is 29.1 Å². The third-order valence-electron chi connectivity index (χ3n) is 2.33. The number of rotatable bonds is 6. The molecule has 0 aliphatic heterocycles. The number of aliphatic hydroxyl groups excluding tert-OH is 1. The van der Waals surface area contributed by atoms with Crippen molar-refractivity contribution in [3.8, 4) is 5.75 Å². The van der Waals surface area contributed by atoms with Gasteiger partial charge < -0.3 is 15.2 Å². The van der Waals surface area contributed by atoms with Crippen LogP contribution in [0.2, 0.25) is 10.0 Å². The van der Waals surface area contributed by atoms with Crippen LogP contribution in [0.25, 0.3) is 0 Å². The quantitative estimate of drug-likeness (QED) is 0.845. The zero-order valence-corrected chi connectivity index (χ0v) is 11.5. The topological polar surface area (TPSA) is 58.6 Å². The summed E-state index contributed by atoms with van der Waals surface area (Å²) < 4.78 is 5.26. The molecule has 1 amide bonds. The van der Waals surface area contributed by atoms with Gasteiger partial charge in [-0.2, -0.15) is 0 Å². The second-order valence-electron chi connectivity index (χ2n) is 3.72. The second kappa shape index (κ2) is 7.46. The van der Waals surface area contributed by atoms with Crippen LogP contribution >= 0.6 is 23.2 Å². The van der Waals surface area contributed by atoms with Crippen molar-refractivity contribution < 1.29 is 14.6 Å². The first kappa shape index (κ1) is 15.1. The summed E-state index contributed by atoms with van der Waals surface area (Å²) in [5, 5.41) is 12.5. The average molecular weight is 292 g/mol. The molecular formula is C12H15Cl2NO3. The summed E-state index contributed by atoms with van der Waals surface area (Å²) in [4.78, 5) is 11.5. The Labute approximate surface area is 116 Å². The van der Waals surface area contributed by atoms with Gasteiger partial charge in [-0.1, -0.05) is 30.1 Å². The van der Waals surface area contributed by atoms with Gasteiger partial charge in [-0.25, -0.2) is 0 Å². The third-order valence-corrected chi connectivity index (χ3v) is 2.88. The fourth-order valence-corrected chi connectivity index (χ4v) is 1.61. The lowest BCUT2D eigenvalue weighted by Gasteiger charge is -2.14. The van der Waals surface area contributed by atoms with Crippen LogP contribution in [0.1, 0.15) is 13.3 Å². The minimum Gasteiger partial charge on any atom is -0.482 e. The molecule has 0 bridgehead atoms. The van der Waals surface area contributed by atoms with E-state index >= 15 is 0 Å². The lowest BCUT2D eigenvalue weighted by molar-refractivity contribution is -0.124. The molecule has 1 atom stereocenters. The van der Waals surface area contributed by atoms with Crippen molar-refractivity contribution in [3.05, 3.63) is 28.2 Å². The number of aliphatic hydroxyl groups is 1. The molecule has 0 aliphatic carbocycles. The van der Waals surface area contributed by atoms with Gasteiger partial charge in [0.05, 0.1) is 17.7 Å². The summed E-state index contributed by atoms with van der Waals surface area (Å²) in [6.45, 7) is 1.60. The van der Waals surface area contributed by atoms with E-state index in [-0.39, 0.29) is 25.2 Å². The van der Waals surface area contributed by atoms with Crippen molar-refractivity contribution in [1.82, 2.24) is 5.32 Å². The van der Waals surface area contributed by atoms with Crippen molar-refractivity contribution in [2.24, 2.45) is 0 Å². The molecule has 1 aromatic rings. The Kier molecular flexibility index (Phi) is 6.25. The summed E-state index contributed by atoms with van der Waals surface area (Å²) in [5.74, 6) is 0.0447. The van der Waals surface area contributed by atoms with Gasteiger partial charge in [0.15, 0.2) is 6.61 Å². The predicted octanol–water partition coefficient (Wildman–Crippen LogP) is 2.26. The van der Waals surface area contributed by atoms with Crippen molar-refractivity contribution in [2.75, 3.05) is 13.2 Å². The Bertz CT molecular complexity index is 408. The lowest BCUT2D eigenvalue weighted by Crippen LogP contribution is -2.39. The molecular weight excluding hydrogens is 277 g/mol. The van der Waals surface area contributed by atoms with Crippen LogP contribution in [-0.4, -0.2) is 30.3 Å². The minimum absolute atomic E-state index is 0.0971. The summed E-state index contributed by atoms with van der Waals surface area (Å²) in [6.07, 6.45) is 0.653. The molecule has 4 nitrogen and oxygen atoms in total. The highest BCUT2D eigenvalue weighted by Crippen LogP contribution is 2.27.